The molecule has 1 saturated heterocycles. The van der Waals surface area contributed by atoms with Gasteiger partial charge in [0.15, 0.2) is 0 Å². The molecule has 3 N–H and O–H groups in total. The van der Waals surface area contributed by atoms with Gasteiger partial charge in [-0.2, -0.15) is 0 Å². The predicted molar refractivity (Wildman–Crippen MR) is 84.6 cm³/mol. The Labute approximate surface area is 135 Å². The van der Waals surface area contributed by atoms with E-state index >= 15 is 0 Å². The first kappa shape index (κ1) is 18.4. The van der Waals surface area contributed by atoms with E-state index in [2.05, 4.69) is 16.0 Å². The van der Waals surface area contributed by atoms with Crippen LogP contribution in [0.1, 0.15) is 23.2 Å². The summed E-state index contributed by atoms with van der Waals surface area (Å²) < 4.78 is 13.4. The van der Waals surface area contributed by atoms with Crippen molar-refractivity contribution in [1.82, 2.24) is 16.0 Å². The Morgan fingerprint density at radius 1 is 1.14 bits per heavy atom. The molecule has 0 saturated carbocycles. The minimum absolute atomic E-state index is 0. The van der Waals surface area contributed by atoms with Crippen molar-refractivity contribution in [1.29, 1.82) is 0 Å². The fourth-order valence-electron chi connectivity index (χ4n) is 2.33. The van der Waals surface area contributed by atoms with Crippen LogP contribution in [0.15, 0.2) is 24.3 Å². The number of rotatable bonds is 5. The summed E-state index contributed by atoms with van der Waals surface area (Å²) in [7, 11) is 0. The number of benzene rings is 1. The minimum Gasteiger partial charge on any atom is -0.354 e. The Balaban J connectivity index is 0.00000242. The summed E-state index contributed by atoms with van der Waals surface area (Å²) in [6.45, 7) is 2.36. The van der Waals surface area contributed by atoms with Crippen molar-refractivity contribution in [3.05, 3.63) is 35.6 Å². The lowest BCUT2D eigenvalue weighted by Crippen LogP contribution is -2.41. The van der Waals surface area contributed by atoms with E-state index in [9.17, 15) is 14.0 Å². The van der Waals surface area contributed by atoms with Gasteiger partial charge < -0.3 is 16.0 Å². The lowest BCUT2D eigenvalue weighted by molar-refractivity contribution is -0.125. The van der Waals surface area contributed by atoms with Crippen LogP contribution in [0.3, 0.4) is 0 Å². The van der Waals surface area contributed by atoms with Gasteiger partial charge in [-0.1, -0.05) is 12.1 Å². The molecule has 0 radical (unpaired) electrons. The third-order valence-corrected chi connectivity index (χ3v) is 3.54. The molecule has 1 aliphatic heterocycles. The zero-order valence-corrected chi connectivity index (χ0v) is 13.0. The number of halogens is 2. The molecule has 2 rings (SSSR count). The molecule has 0 aliphatic carbocycles. The maximum Gasteiger partial charge on any atom is 0.254 e. The van der Waals surface area contributed by atoms with Crippen LogP contribution in [0.5, 0.6) is 0 Å². The molecule has 2 amide bonds. The molecule has 1 fully saturated rings. The van der Waals surface area contributed by atoms with Crippen molar-refractivity contribution in [2.24, 2.45) is 5.92 Å². The molecule has 0 bridgehead atoms. The van der Waals surface area contributed by atoms with Crippen molar-refractivity contribution in [3.63, 3.8) is 0 Å². The van der Waals surface area contributed by atoms with Crippen LogP contribution in [0.4, 0.5) is 4.39 Å². The van der Waals surface area contributed by atoms with Gasteiger partial charge in [-0.05, 0) is 38.1 Å². The fourth-order valence-corrected chi connectivity index (χ4v) is 2.33. The molecule has 0 aromatic heterocycles. The monoisotopic (exact) mass is 329 g/mol. The number of piperidine rings is 1. The number of amides is 2. The van der Waals surface area contributed by atoms with E-state index in [1.54, 1.807) is 6.07 Å². The summed E-state index contributed by atoms with van der Waals surface area (Å²) in [6, 6.07) is 5.81. The maximum atomic E-state index is 13.4. The van der Waals surface area contributed by atoms with Gasteiger partial charge in [0.05, 0.1) is 5.56 Å². The van der Waals surface area contributed by atoms with E-state index in [0.717, 1.165) is 25.9 Å². The van der Waals surface area contributed by atoms with E-state index < -0.39 is 11.7 Å². The zero-order valence-electron chi connectivity index (χ0n) is 12.2. The molecule has 1 aromatic carbocycles. The summed E-state index contributed by atoms with van der Waals surface area (Å²) in [6.07, 6.45) is 1.68. The van der Waals surface area contributed by atoms with Crippen molar-refractivity contribution in [2.75, 3.05) is 26.2 Å². The quantitative estimate of drug-likeness (QED) is 0.708. The lowest BCUT2D eigenvalue weighted by atomic mass is 9.97. The van der Waals surface area contributed by atoms with E-state index in [-0.39, 0.29) is 36.3 Å². The first-order valence-electron chi connectivity index (χ1n) is 7.19. The highest BCUT2D eigenvalue weighted by molar-refractivity contribution is 5.94. The van der Waals surface area contributed by atoms with Crippen molar-refractivity contribution >= 4 is 24.2 Å². The molecular formula is C15H21ClFN3O2. The van der Waals surface area contributed by atoms with Crippen molar-refractivity contribution in [3.8, 4) is 0 Å². The summed E-state index contributed by atoms with van der Waals surface area (Å²) in [5.74, 6) is -0.942. The molecule has 0 atom stereocenters. The van der Waals surface area contributed by atoms with Gasteiger partial charge in [-0.15, -0.1) is 12.4 Å². The Morgan fingerprint density at radius 2 is 1.77 bits per heavy atom. The molecule has 22 heavy (non-hydrogen) atoms. The minimum atomic E-state index is -0.547. The average molecular weight is 330 g/mol. The third kappa shape index (κ3) is 5.27. The van der Waals surface area contributed by atoms with Gasteiger partial charge in [0.25, 0.3) is 5.91 Å². The van der Waals surface area contributed by atoms with Crippen LogP contribution in [0.25, 0.3) is 0 Å². The standard InChI is InChI=1S/C15H20FN3O2.ClH/c16-13-4-2-1-3-12(13)15(21)19-10-9-18-14(20)11-5-7-17-8-6-11;/h1-4,11,17H,5-10H2,(H,18,20)(H,19,21);1H. The molecule has 0 spiro atoms. The molecule has 1 aliphatic rings. The molecule has 5 nitrogen and oxygen atoms in total. The van der Waals surface area contributed by atoms with Gasteiger partial charge in [-0.3, -0.25) is 9.59 Å². The Kier molecular flexibility index (Phi) is 7.84. The first-order valence-corrected chi connectivity index (χ1v) is 7.19. The highest BCUT2D eigenvalue weighted by Crippen LogP contribution is 2.11. The molecular weight excluding hydrogens is 309 g/mol. The molecule has 1 heterocycles. The summed E-state index contributed by atoms with van der Waals surface area (Å²) >= 11 is 0. The first-order chi connectivity index (χ1) is 10.2. The number of hydrogen-bond donors (Lipinski definition) is 3. The number of carbonyl (C=O) groups is 2. The number of carbonyl (C=O) groups excluding carboxylic acids is 2. The molecule has 122 valence electrons. The molecule has 0 unspecified atom stereocenters. The number of nitrogens with one attached hydrogen (secondary N) is 3. The molecule has 7 heteroatoms. The van der Waals surface area contributed by atoms with Gasteiger partial charge >= 0.3 is 0 Å². The fraction of sp³-hybridized carbons (Fsp3) is 0.467. The summed E-state index contributed by atoms with van der Waals surface area (Å²) in [5.41, 5.74) is 0.0159. The topological polar surface area (TPSA) is 70.2 Å². The third-order valence-electron chi connectivity index (χ3n) is 3.54. The second kappa shape index (κ2) is 9.38. The maximum absolute atomic E-state index is 13.4. The van der Waals surface area contributed by atoms with Gasteiger partial charge in [0, 0.05) is 19.0 Å². The Bertz CT molecular complexity index is 507. The highest BCUT2D eigenvalue weighted by Gasteiger charge is 2.20. The van der Waals surface area contributed by atoms with E-state index in [0.29, 0.717) is 6.54 Å². The van der Waals surface area contributed by atoms with E-state index in [1.165, 1.54) is 18.2 Å². The Hall–Kier alpha value is -1.66. The second-order valence-corrected chi connectivity index (χ2v) is 5.05. The molecule has 1 aromatic rings. The van der Waals surface area contributed by atoms with E-state index in [4.69, 9.17) is 0 Å². The SMILES string of the molecule is Cl.O=C(NCCNC(=O)C1CCNCC1)c1ccccc1F. The van der Waals surface area contributed by atoms with Gasteiger partial charge in [0.2, 0.25) is 5.91 Å². The van der Waals surface area contributed by atoms with Crippen LogP contribution in [0.2, 0.25) is 0 Å². The smallest absolute Gasteiger partial charge is 0.254 e. The largest absolute Gasteiger partial charge is 0.354 e. The van der Waals surface area contributed by atoms with Gasteiger partial charge in [0.1, 0.15) is 5.82 Å². The second-order valence-electron chi connectivity index (χ2n) is 5.05. The van der Waals surface area contributed by atoms with Crippen molar-refractivity contribution in [2.45, 2.75) is 12.8 Å². The van der Waals surface area contributed by atoms with Crippen molar-refractivity contribution < 1.29 is 14.0 Å². The van der Waals surface area contributed by atoms with Crippen LogP contribution in [-0.4, -0.2) is 38.0 Å². The van der Waals surface area contributed by atoms with Gasteiger partial charge in [-0.25, -0.2) is 4.39 Å². The Morgan fingerprint density at radius 3 is 2.45 bits per heavy atom. The zero-order chi connectivity index (χ0) is 15.1. The number of hydrogen-bond acceptors (Lipinski definition) is 3. The van der Waals surface area contributed by atoms with Crippen LogP contribution in [0, 0.1) is 11.7 Å². The predicted octanol–water partition coefficient (Wildman–Crippen LogP) is 1.09. The lowest BCUT2D eigenvalue weighted by Gasteiger charge is -2.21. The average Bonchev–Trinajstić information content (AvgIpc) is 2.52. The highest BCUT2D eigenvalue weighted by atomic mass is 35.5. The normalized spacial score (nSPS) is 14.8. The van der Waals surface area contributed by atoms with Crippen LogP contribution >= 0.6 is 12.4 Å². The summed E-state index contributed by atoms with van der Waals surface area (Å²) in [5, 5.41) is 8.59. The van der Waals surface area contributed by atoms with Crippen LogP contribution in [-0.2, 0) is 4.79 Å². The van der Waals surface area contributed by atoms with Crippen LogP contribution < -0.4 is 16.0 Å². The summed E-state index contributed by atoms with van der Waals surface area (Å²) in [4.78, 5) is 23.6. The van der Waals surface area contributed by atoms with E-state index in [1.807, 2.05) is 0 Å².